The third-order valence-electron chi connectivity index (χ3n) is 1.77. The van der Waals surface area contributed by atoms with Crippen molar-refractivity contribution < 1.29 is 0 Å². The van der Waals surface area contributed by atoms with Gasteiger partial charge in [-0.3, -0.25) is 4.40 Å². The molecule has 2 rings (SSSR count). The summed E-state index contributed by atoms with van der Waals surface area (Å²) in [6.07, 6.45) is 5.13. The van der Waals surface area contributed by atoms with E-state index in [1.54, 1.807) is 11.3 Å². The van der Waals surface area contributed by atoms with Gasteiger partial charge in [-0.25, -0.2) is 4.98 Å². The molecule has 0 saturated heterocycles. The molecule has 0 bridgehead atoms. The fourth-order valence-electron chi connectivity index (χ4n) is 1.15. The Morgan fingerprint density at radius 1 is 1.67 bits per heavy atom. The molecule has 0 atom stereocenters. The lowest BCUT2D eigenvalue weighted by molar-refractivity contribution is 0.780. The third kappa shape index (κ3) is 1.35. The molecule has 2 aromatic heterocycles. The number of thiazole rings is 1. The van der Waals surface area contributed by atoms with E-state index in [0.717, 1.165) is 23.6 Å². The number of likely N-dealkylation sites (N-methyl/N-ethyl adjacent to an activating group) is 1. The first-order valence-electron chi connectivity index (χ1n) is 3.96. The number of hydrogen-bond acceptors (Lipinski definition) is 3. The summed E-state index contributed by atoms with van der Waals surface area (Å²) in [5.74, 6) is 0. The Morgan fingerprint density at radius 3 is 3.33 bits per heavy atom. The maximum absolute atomic E-state index is 4.45. The van der Waals surface area contributed by atoms with E-state index >= 15 is 0 Å². The number of nitrogens with zero attached hydrogens (tertiary/aromatic N) is 2. The molecular formula is C8H11N3S. The summed E-state index contributed by atoms with van der Waals surface area (Å²) in [6, 6.07) is 0. The van der Waals surface area contributed by atoms with Crippen LogP contribution in [-0.2, 0) is 6.42 Å². The zero-order valence-electron chi connectivity index (χ0n) is 6.95. The van der Waals surface area contributed by atoms with Crippen molar-refractivity contribution in [1.82, 2.24) is 14.7 Å². The van der Waals surface area contributed by atoms with Crippen LogP contribution in [0.2, 0.25) is 0 Å². The van der Waals surface area contributed by atoms with E-state index in [2.05, 4.69) is 20.9 Å². The molecular weight excluding hydrogens is 170 g/mol. The van der Waals surface area contributed by atoms with Gasteiger partial charge in [0, 0.05) is 30.7 Å². The van der Waals surface area contributed by atoms with Gasteiger partial charge < -0.3 is 5.32 Å². The van der Waals surface area contributed by atoms with E-state index in [1.807, 2.05) is 18.6 Å². The summed E-state index contributed by atoms with van der Waals surface area (Å²) in [5.41, 5.74) is 1.16. The molecule has 12 heavy (non-hydrogen) atoms. The number of rotatable bonds is 3. The predicted molar refractivity (Wildman–Crippen MR) is 50.7 cm³/mol. The first-order valence-corrected chi connectivity index (χ1v) is 4.84. The average Bonchev–Trinajstić information content (AvgIpc) is 2.58. The van der Waals surface area contributed by atoms with Crippen LogP contribution in [0.5, 0.6) is 0 Å². The molecule has 4 heteroatoms. The van der Waals surface area contributed by atoms with Gasteiger partial charge in [-0.1, -0.05) is 0 Å². The zero-order chi connectivity index (χ0) is 8.39. The first-order chi connectivity index (χ1) is 5.90. The van der Waals surface area contributed by atoms with Crippen LogP contribution in [0.3, 0.4) is 0 Å². The van der Waals surface area contributed by atoms with Crippen molar-refractivity contribution in [3.8, 4) is 0 Å². The number of aromatic nitrogens is 2. The summed E-state index contributed by atoms with van der Waals surface area (Å²) in [5, 5.41) is 5.15. The number of nitrogens with one attached hydrogen (secondary N) is 1. The maximum Gasteiger partial charge on any atom is 0.193 e. The average molecular weight is 181 g/mol. The van der Waals surface area contributed by atoms with Crippen molar-refractivity contribution in [3.05, 3.63) is 23.5 Å². The van der Waals surface area contributed by atoms with E-state index in [9.17, 15) is 0 Å². The minimum absolute atomic E-state index is 0.991. The third-order valence-corrected chi connectivity index (χ3v) is 2.55. The molecule has 1 N–H and O–H groups in total. The first kappa shape index (κ1) is 7.76. The zero-order valence-corrected chi connectivity index (χ0v) is 7.77. The monoisotopic (exact) mass is 181 g/mol. The summed E-state index contributed by atoms with van der Waals surface area (Å²) >= 11 is 1.67. The maximum atomic E-state index is 4.45. The highest BCUT2D eigenvalue weighted by Crippen LogP contribution is 2.11. The molecule has 0 unspecified atom stereocenters. The minimum atomic E-state index is 0.991. The Morgan fingerprint density at radius 2 is 2.58 bits per heavy atom. The highest BCUT2D eigenvalue weighted by atomic mass is 32.1. The molecule has 64 valence electrons. The molecule has 0 radical (unpaired) electrons. The summed E-state index contributed by atoms with van der Waals surface area (Å²) < 4.78 is 2.07. The van der Waals surface area contributed by atoms with Crippen molar-refractivity contribution in [2.45, 2.75) is 6.42 Å². The summed E-state index contributed by atoms with van der Waals surface area (Å²) in [7, 11) is 1.96. The van der Waals surface area contributed by atoms with Gasteiger partial charge in [-0.2, -0.15) is 0 Å². The molecule has 0 amide bonds. The van der Waals surface area contributed by atoms with Crippen LogP contribution in [0, 0.1) is 0 Å². The second-order valence-electron chi connectivity index (χ2n) is 2.68. The van der Waals surface area contributed by atoms with Crippen molar-refractivity contribution in [1.29, 1.82) is 0 Å². The fraction of sp³-hybridized carbons (Fsp3) is 0.375. The lowest BCUT2D eigenvalue weighted by Crippen LogP contribution is -2.10. The van der Waals surface area contributed by atoms with E-state index < -0.39 is 0 Å². The highest BCUT2D eigenvalue weighted by molar-refractivity contribution is 7.15. The predicted octanol–water partition coefficient (Wildman–Crippen LogP) is 1.16. The highest BCUT2D eigenvalue weighted by Gasteiger charge is 2.00. The number of fused-ring (bicyclic) bond motifs is 1. The lowest BCUT2D eigenvalue weighted by atomic mass is 10.3. The van der Waals surface area contributed by atoms with Crippen LogP contribution < -0.4 is 5.32 Å². The van der Waals surface area contributed by atoms with Crippen molar-refractivity contribution in [2.75, 3.05) is 13.6 Å². The SMILES string of the molecule is CNCCc1cn2ccsc2n1. The Labute approximate surface area is 75.1 Å². The Hall–Kier alpha value is -0.870. The van der Waals surface area contributed by atoms with E-state index in [-0.39, 0.29) is 0 Å². The molecule has 0 spiro atoms. The van der Waals surface area contributed by atoms with Gasteiger partial charge >= 0.3 is 0 Å². The molecule has 3 nitrogen and oxygen atoms in total. The van der Waals surface area contributed by atoms with E-state index in [0.29, 0.717) is 0 Å². The van der Waals surface area contributed by atoms with Gasteiger partial charge in [-0.05, 0) is 7.05 Å². The van der Waals surface area contributed by atoms with Gasteiger partial charge in [0.2, 0.25) is 0 Å². The van der Waals surface area contributed by atoms with Gasteiger partial charge in [-0.15, -0.1) is 11.3 Å². The topological polar surface area (TPSA) is 29.3 Å². The molecule has 2 heterocycles. The largest absolute Gasteiger partial charge is 0.319 e. The van der Waals surface area contributed by atoms with Crippen LogP contribution in [0.25, 0.3) is 4.96 Å². The van der Waals surface area contributed by atoms with E-state index in [1.165, 1.54) is 0 Å². The smallest absolute Gasteiger partial charge is 0.193 e. The Bertz CT molecular complexity index is 334. The second-order valence-corrected chi connectivity index (χ2v) is 3.55. The normalized spacial score (nSPS) is 11.1. The fourth-order valence-corrected chi connectivity index (χ4v) is 1.87. The molecule has 0 aliphatic rings. The van der Waals surface area contributed by atoms with Crippen LogP contribution in [0.1, 0.15) is 5.69 Å². The van der Waals surface area contributed by atoms with Crippen LogP contribution in [-0.4, -0.2) is 23.0 Å². The Balaban J connectivity index is 2.21. The van der Waals surface area contributed by atoms with Gasteiger partial charge in [0.05, 0.1) is 5.69 Å². The second kappa shape index (κ2) is 3.25. The summed E-state index contributed by atoms with van der Waals surface area (Å²) in [6.45, 7) is 0.991. The molecule has 0 aliphatic carbocycles. The minimum Gasteiger partial charge on any atom is -0.319 e. The van der Waals surface area contributed by atoms with Crippen LogP contribution >= 0.6 is 11.3 Å². The van der Waals surface area contributed by atoms with E-state index in [4.69, 9.17) is 0 Å². The Kier molecular flexibility index (Phi) is 2.10. The quantitative estimate of drug-likeness (QED) is 0.770. The lowest BCUT2D eigenvalue weighted by Gasteiger charge is -1.92. The molecule has 0 aromatic carbocycles. The van der Waals surface area contributed by atoms with Gasteiger partial charge in [0.15, 0.2) is 4.96 Å². The number of hydrogen-bond donors (Lipinski definition) is 1. The molecule has 2 aromatic rings. The standard InChI is InChI=1S/C8H11N3S/c1-9-3-2-7-6-11-4-5-12-8(11)10-7/h4-6,9H,2-3H2,1H3. The molecule has 0 saturated carbocycles. The van der Waals surface area contributed by atoms with Gasteiger partial charge in [0.25, 0.3) is 0 Å². The molecule has 0 fully saturated rings. The molecule has 0 aliphatic heterocycles. The van der Waals surface area contributed by atoms with Crippen molar-refractivity contribution >= 4 is 16.3 Å². The van der Waals surface area contributed by atoms with Gasteiger partial charge in [0.1, 0.15) is 0 Å². The van der Waals surface area contributed by atoms with Crippen molar-refractivity contribution in [3.63, 3.8) is 0 Å². The van der Waals surface area contributed by atoms with Crippen LogP contribution in [0.15, 0.2) is 17.8 Å². The van der Waals surface area contributed by atoms with Crippen molar-refractivity contribution in [2.24, 2.45) is 0 Å². The van der Waals surface area contributed by atoms with Crippen LogP contribution in [0.4, 0.5) is 0 Å². The summed E-state index contributed by atoms with van der Waals surface area (Å²) in [4.78, 5) is 5.54. The number of imidazole rings is 1.